The number of benzene rings is 1. The van der Waals surface area contributed by atoms with Crippen molar-refractivity contribution in [3.8, 4) is 6.07 Å². The molecule has 6 heteroatoms. The van der Waals surface area contributed by atoms with Crippen LogP contribution in [0.5, 0.6) is 0 Å². The molecule has 18 heavy (non-hydrogen) atoms. The fourth-order valence-corrected chi connectivity index (χ4v) is 2.41. The van der Waals surface area contributed by atoms with E-state index in [9.17, 15) is 4.79 Å². The number of carbonyl (C=O) groups excluding carboxylic acids is 1. The highest BCUT2D eigenvalue weighted by Crippen LogP contribution is 2.29. The molecule has 0 atom stereocenters. The van der Waals surface area contributed by atoms with Crippen LogP contribution in [-0.2, 0) is 7.05 Å². The first kappa shape index (κ1) is 12.3. The lowest BCUT2D eigenvalue weighted by Gasteiger charge is -2.06. The predicted octanol–water partition coefficient (Wildman–Crippen LogP) is 2.04. The molecule has 0 N–H and O–H groups in total. The van der Waals surface area contributed by atoms with Gasteiger partial charge in [0.15, 0.2) is 10.9 Å². The van der Waals surface area contributed by atoms with Crippen molar-refractivity contribution < 1.29 is 4.79 Å². The normalized spacial score (nSPS) is 10.1. The van der Waals surface area contributed by atoms with Crippen LogP contribution < -0.4 is 0 Å². The molecular formula is C12H10N4OS. The first-order chi connectivity index (χ1) is 8.61. The van der Waals surface area contributed by atoms with Gasteiger partial charge in [0.1, 0.15) is 6.33 Å². The highest BCUT2D eigenvalue weighted by Gasteiger charge is 2.12. The predicted molar refractivity (Wildman–Crippen MR) is 66.3 cm³/mol. The lowest BCUT2D eigenvalue weighted by atomic mass is 10.1. The van der Waals surface area contributed by atoms with E-state index in [2.05, 4.69) is 16.3 Å². The van der Waals surface area contributed by atoms with Gasteiger partial charge in [-0.05, 0) is 36.9 Å². The van der Waals surface area contributed by atoms with Crippen molar-refractivity contribution >= 4 is 17.5 Å². The average molecular weight is 258 g/mol. The van der Waals surface area contributed by atoms with Crippen molar-refractivity contribution in [2.75, 3.05) is 0 Å². The second-order valence-corrected chi connectivity index (χ2v) is 4.71. The van der Waals surface area contributed by atoms with Gasteiger partial charge < -0.3 is 4.57 Å². The summed E-state index contributed by atoms with van der Waals surface area (Å²) >= 11 is 1.32. The van der Waals surface area contributed by atoms with Crippen LogP contribution in [0.1, 0.15) is 22.8 Å². The molecule has 0 amide bonds. The molecule has 1 heterocycles. The summed E-state index contributed by atoms with van der Waals surface area (Å²) in [6.07, 6.45) is 1.59. The summed E-state index contributed by atoms with van der Waals surface area (Å²) in [5.41, 5.74) is 1.10. The van der Waals surface area contributed by atoms with Gasteiger partial charge in [-0.2, -0.15) is 5.26 Å². The molecule has 0 saturated heterocycles. The van der Waals surface area contributed by atoms with E-state index in [1.807, 2.05) is 7.05 Å². The maximum atomic E-state index is 11.5. The fourth-order valence-electron chi connectivity index (χ4n) is 1.43. The molecule has 0 radical (unpaired) electrons. The highest BCUT2D eigenvalue weighted by atomic mass is 32.2. The van der Waals surface area contributed by atoms with E-state index < -0.39 is 0 Å². The second kappa shape index (κ2) is 5.02. The number of hydrogen-bond acceptors (Lipinski definition) is 5. The molecule has 2 rings (SSSR count). The van der Waals surface area contributed by atoms with E-state index in [-0.39, 0.29) is 5.78 Å². The summed E-state index contributed by atoms with van der Waals surface area (Å²) in [5, 5.41) is 17.3. The fraction of sp³-hybridized carbons (Fsp3) is 0.167. The van der Waals surface area contributed by atoms with E-state index >= 15 is 0 Å². The average Bonchev–Trinajstić information content (AvgIpc) is 2.74. The minimum atomic E-state index is -0.0378. The van der Waals surface area contributed by atoms with Crippen molar-refractivity contribution in [3.63, 3.8) is 0 Å². The molecule has 0 fully saturated rings. The van der Waals surface area contributed by atoms with Gasteiger partial charge in [0.05, 0.1) is 11.6 Å². The van der Waals surface area contributed by atoms with Crippen LogP contribution in [0.25, 0.3) is 0 Å². The number of ketones is 1. The Bertz CT molecular complexity index is 642. The van der Waals surface area contributed by atoms with Crippen molar-refractivity contribution in [2.45, 2.75) is 17.0 Å². The number of aryl methyl sites for hydroxylation is 1. The van der Waals surface area contributed by atoms with Crippen LogP contribution >= 0.6 is 11.8 Å². The Balaban J connectivity index is 2.45. The number of carbonyl (C=O) groups is 1. The third-order valence-electron chi connectivity index (χ3n) is 2.36. The number of Topliss-reactive ketones (excluding diaryl/α,β-unsaturated/α-hetero) is 1. The maximum absolute atomic E-state index is 11.5. The van der Waals surface area contributed by atoms with E-state index in [1.165, 1.54) is 18.7 Å². The number of rotatable bonds is 3. The van der Waals surface area contributed by atoms with Gasteiger partial charge in [-0.15, -0.1) is 10.2 Å². The molecule has 0 spiro atoms. The molecule has 0 unspecified atom stereocenters. The third kappa shape index (κ3) is 2.41. The minimum Gasteiger partial charge on any atom is -0.311 e. The third-order valence-corrected chi connectivity index (χ3v) is 3.47. The van der Waals surface area contributed by atoms with Crippen LogP contribution in [0, 0.1) is 11.3 Å². The SMILES string of the molecule is CC(=O)c1ccc(C#N)cc1Sc1nncn1C. The smallest absolute Gasteiger partial charge is 0.195 e. The van der Waals surface area contributed by atoms with Crippen molar-refractivity contribution in [1.82, 2.24) is 14.8 Å². The topological polar surface area (TPSA) is 71.6 Å². The van der Waals surface area contributed by atoms with Gasteiger partial charge >= 0.3 is 0 Å². The Morgan fingerprint density at radius 3 is 2.83 bits per heavy atom. The molecule has 2 aromatic rings. The van der Waals surface area contributed by atoms with Crippen LogP contribution in [0.15, 0.2) is 34.6 Å². The molecule has 5 nitrogen and oxygen atoms in total. The van der Waals surface area contributed by atoms with E-state index in [0.29, 0.717) is 16.3 Å². The molecule has 90 valence electrons. The molecule has 0 aliphatic rings. The van der Waals surface area contributed by atoms with Crippen molar-refractivity contribution in [1.29, 1.82) is 5.26 Å². The Morgan fingerprint density at radius 1 is 1.50 bits per heavy atom. The Kier molecular flexibility index (Phi) is 3.44. The van der Waals surface area contributed by atoms with Crippen LogP contribution in [0.2, 0.25) is 0 Å². The van der Waals surface area contributed by atoms with Crippen LogP contribution in [-0.4, -0.2) is 20.5 Å². The van der Waals surface area contributed by atoms with Crippen molar-refractivity contribution in [2.24, 2.45) is 7.05 Å². The summed E-state index contributed by atoms with van der Waals surface area (Å²) < 4.78 is 1.76. The lowest BCUT2D eigenvalue weighted by molar-refractivity contribution is 0.101. The van der Waals surface area contributed by atoms with Crippen LogP contribution in [0.4, 0.5) is 0 Å². The lowest BCUT2D eigenvalue weighted by Crippen LogP contribution is -1.97. The van der Waals surface area contributed by atoms with Gasteiger partial charge in [-0.3, -0.25) is 4.79 Å². The van der Waals surface area contributed by atoms with Crippen LogP contribution in [0.3, 0.4) is 0 Å². The molecular weight excluding hydrogens is 248 g/mol. The number of hydrogen-bond donors (Lipinski definition) is 0. The molecule has 0 saturated carbocycles. The van der Waals surface area contributed by atoms with Gasteiger partial charge in [-0.25, -0.2) is 0 Å². The van der Waals surface area contributed by atoms with E-state index in [1.54, 1.807) is 29.1 Å². The quantitative estimate of drug-likeness (QED) is 0.788. The van der Waals surface area contributed by atoms with Crippen molar-refractivity contribution in [3.05, 3.63) is 35.7 Å². The Morgan fingerprint density at radius 2 is 2.28 bits per heavy atom. The monoisotopic (exact) mass is 258 g/mol. The maximum Gasteiger partial charge on any atom is 0.195 e. The van der Waals surface area contributed by atoms with Gasteiger partial charge in [0.2, 0.25) is 0 Å². The van der Waals surface area contributed by atoms with E-state index in [4.69, 9.17) is 5.26 Å². The number of nitrogens with zero attached hydrogens (tertiary/aromatic N) is 4. The summed E-state index contributed by atoms with van der Waals surface area (Å²) in [7, 11) is 1.82. The first-order valence-electron chi connectivity index (χ1n) is 5.18. The summed E-state index contributed by atoms with van der Waals surface area (Å²) in [6, 6.07) is 7.05. The minimum absolute atomic E-state index is 0.0378. The zero-order chi connectivity index (χ0) is 13.1. The summed E-state index contributed by atoms with van der Waals surface area (Å²) in [4.78, 5) is 12.3. The van der Waals surface area contributed by atoms with Gasteiger partial charge in [0.25, 0.3) is 0 Å². The molecule has 0 aliphatic heterocycles. The molecule has 1 aromatic carbocycles. The first-order valence-corrected chi connectivity index (χ1v) is 6.00. The van der Waals surface area contributed by atoms with Gasteiger partial charge in [-0.1, -0.05) is 0 Å². The Hall–Kier alpha value is -2.13. The summed E-state index contributed by atoms with van der Waals surface area (Å²) in [6.45, 7) is 1.50. The zero-order valence-electron chi connectivity index (χ0n) is 9.91. The molecule has 0 bridgehead atoms. The standard InChI is InChI=1S/C12H10N4OS/c1-8(17)10-4-3-9(6-13)5-11(10)18-12-15-14-7-16(12)2/h3-5,7H,1-2H3. The molecule has 1 aromatic heterocycles. The van der Waals surface area contributed by atoms with Gasteiger partial charge in [0, 0.05) is 17.5 Å². The highest BCUT2D eigenvalue weighted by molar-refractivity contribution is 7.99. The second-order valence-electron chi connectivity index (χ2n) is 3.71. The Labute approximate surface area is 108 Å². The largest absolute Gasteiger partial charge is 0.311 e. The number of nitriles is 1. The summed E-state index contributed by atoms with van der Waals surface area (Å²) in [5.74, 6) is -0.0378. The number of aromatic nitrogens is 3. The molecule has 0 aliphatic carbocycles. The van der Waals surface area contributed by atoms with E-state index in [0.717, 1.165) is 4.90 Å². The zero-order valence-corrected chi connectivity index (χ0v) is 10.7.